The van der Waals surface area contributed by atoms with Crippen molar-refractivity contribution in [2.45, 2.75) is 46.2 Å². The van der Waals surface area contributed by atoms with Gasteiger partial charge in [-0.3, -0.25) is 9.69 Å². The summed E-state index contributed by atoms with van der Waals surface area (Å²) in [6, 6.07) is -0.151. The molecular weight excluding hydrogens is 196 g/mol. The third kappa shape index (κ3) is 1.90. The Morgan fingerprint density at radius 3 is 2.14 bits per heavy atom. The summed E-state index contributed by atoms with van der Waals surface area (Å²) in [5, 5.41) is 3.62. The number of amides is 1. The summed E-state index contributed by atoms with van der Waals surface area (Å²) >= 11 is 5.16. The molecule has 1 amide bonds. The molecule has 1 saturated heterocycles. The van der Waals surface area contributed by atoms with Crippen LogP contribution in [0.25, 0.3) is 0 Å². The fraction of sp³-hybridized carbons (Fsp3) is 0.800. The fourth-order valence-electron chi connectivity index (χ4n) is 1.59. The molecule has 14 heavy (non-hydrogen) atoms. The zero-order valence-electron chi connectivity index (χ0n) is 9.42. The SMILES string of the molecule is CC(C)C1NC(=S)N(C(C)(C)C)C1=O. The van der Waals surface area contributed by atoms with Crippen molar-refractivity contribution in [2.75, 3.05) is 0 Å². The maximum Gasteiger partial charge on any atom is 0.252 e. The monoisotopic (exact) mass is 214 g/mol. The third-order valence-electron chi connectivity index (χ3n) is 2.31. The lowest BCUT2D eigenvalue weighted by Crippen LogP contribution is -2.46. The van der Waals surface area contributed by atoms with Crippen LogP contribution < -0.4 is 5.32 Å². The van der Waals surface area contributed by atoms with Gasteiger partial charge in [-0.15, -0.1) is 0 Å². The van der Waals surface area contributed by atoms with Crippen molar-refractivity contribution in [3.63, 3.8) is 0 Å². The van der Waals surface area contributed by atoms with Gasteiger partial charge in [0.1, 0.15) is 6.04 Å². The van der Waals surface area contributed by atoms with E-state index in [4.69, 9.17) is 12.2 Å². The number of nitrogens with one attached hydrogen (secondary N) is 1. The van der Waals surface area contributed by atoms with E-state index < -0.39 is 0 Å². The summed E-state index contributed by atoms with van der Waals surface area (Å²) in [5.74, 6) is 0.366. The molecule has 1 heterocycles. The highest BCUT2D eigenvalue weighted by molar-refractivity contribution is 7.80. The molecule has 0 aromatic carbocycles. The normalized spacial score (nSPS) is 23.3. The smallest absolute Gasteiger partial charge is 0.252 e. The fourth-order valence-corrected chi connectivity index (χ4v) is 2.08. The summed E-state index contributed by atoms with van der Waals surface area (Å²) in [7, 11) is 0. The van der Waals surface area contributed by atoms with Gasteiger partial charge in [0.15, 0.2) is 5.11 Å². The Bertz CT molecular complexity index is 268. The van der Waals surface area contributed by atoms with Gasteiger partial charge in [-0.25, -0.2) is 0 Å². The van der Waals surface area contributed by atoms with E-state index in [0.717, 1.165) is 0 Å². The van der Waals surface area contributed by atoms with Gasteiger partial charge < -0.3 is 5.32 Å². The molecule has 1 atom stereocenters. The molecule has 0 spiro atoms. The van der Waals surface area contributed by atoms with Crippen LogP contribution >= 0.6 is 12.2 Å². The third-order valence-corrected chi connectivity index (χ3v) is 2.61. The lowest BCUT2D eigenvalue weighted by Gasteiger charge is -2.30. The second-order valence-corrected chi connectivity index (χ2v) is 5.40. The van der Waals surface area contributed by atoms with Crippen molar-refractivity contribution < 1.29 is 4.79 Å². The van der Waals surface area contributed by atoms with Crippen LogP contribution in [0.4, 0.5) is 0 Å². The highest BCUT2D eigenvalue weighted by Crippen LogP contribution is 2.22. The first-order chi connectivity index (χ1) is 6.25. The minimum Gasteiger partial charge on any atom is -0.350 e. The first kappa shape index (κ1) is 11.4. The van der Waals surface area contributed by atoms with Gasteiger partial charge >= 0.3 is 0 Å². The van der Waals surface area contributed by atoms with Gasteiger partial charge in [0, 0.05) is 5.54 Å². The van der Waals surface area contributed by atoms with Crippen LogP contribution in [0.3, 0.4) is 0 Å². The van der Waals surface area contributed by atoms with Crippen molar-refractivity contribution in [2.24, 2.45) is 5.92 Å². The molecule has 1 N–H and O–H groups in total. The predicted molar refractivity (Wildman–Crippen MR) is 61.0 cm³/mol. The summed E-state index contributed by atoms with van der Waals surface area (Å²) in [6.45, 7) is 10.00. The van der Waals surface area contributed by atoms with Crippen LogP contribution in [0.2, 0.25) is 0 Å². The number of hydrogen-bond donors (Lipinski definition) is 1. The summed E-state index contributed by atoms with van der Waals surface area (Å²) in [5.41, 5.74) is -0.231. The minimum absolute atomic E-state index is 0.0949. The Morgan fingerprint density at radius 2 is 1.93 bits per heavy atom. The van der Waals surface area contributed by atoms with Crippen LogP contribution in [-0.2, 0) is 4.79 Å². The first-order valence-corrected chi connectivity index (χ1v) is 5.30. The zero-order valence-corrected chi connectivity index (χ0v) is 10.2. The van der Waals surface area contributed by atoms with E-state index in [2.05, 4.69) is 5.32 Å². The Hall–Kier alpha value is -0.640. The number of nitrogens with zero attached hydrogens (tertiary/aromatic N) is 1. The molecule has 0 aromatic heterocycles. The number of rotatable bonds is 1. The molecule has 1 rings (SSSR count). The molecular formula is C10H18N2OS. The van der Waals surface area contributed by atoms with Gasteiger partial charge in [-0.05, 0) is 38.9 Å². The first-order valence-electron chi connectivity index (χ1n) is 4.89. The Balaban J connectivity index is 2.92. The summed E-state index contributed by atoms with van der Waals surface area (Å²) in [6.07, 6.45) is 0. The summed E-state index contributed by atoms with van der Waals surface area (Å²) < 4.78 is 0. The maximum absolute atomic E-state index is 12.0. The second kappa shape index (κ2) is 3.50. The van der Waals surface area contributed by atoms with Crippen molar-refractivity contribution in [3.05, 3.63) is 0 Å². The minimum atomic E-state index is -0.231. The predicted octanol–water partition coefficient (Wildman–Crippen LogP) is 1.53. The lowest BCUT2D eigenvalue weighted by molar-refractivity contribution is -0.130. The molecule has 80 valence electrons. The van der Waals surface area contributed by atoms with Crippen LogP contribution in [0.1, 0.15) is 34.6 Å². The molecule has 0 aliphatic carbocycles. The Morgan fingerprint density at radius 1 is 1.43 bits per heavy atom. The van der Waals surface area contributed by atoms with Crippen LogP contribution in [0, 0.1) is 5.92 Å². The van der Waals surface area contributed by atoms with Gasteiger partial charge in [-0.1, -0.05) is 13.8 Å². The quantitative estimate of drug-likeness (QED) is 0.672. The van der Waals surface area contributed by atoms with Gasteiger partial charge in [0.25, 0.3) is 5.91 Å². The van der Waals surface area contributed by atoms with Crippen molar-refractivity contribution in [1.82, 2.24) is 10.2 Å². The van der Waals surface area contributed by atoms with Gasteiger partial charge in [0.2, 0.25) is 0 Å². The van der Waals surface area contributed by atoms with Crippen LogP contribution in [-0.4, -0.2) is 27.5 Å². The highest BCUT2D eigenvalue weighted by atomic mass is 32.1. The Kier molecular flexibility index (Phi) is 2.86. The highest BCUT2D eigenvalue weighted by Gasteiger charge is 2.42. The largest absolute Gasteiger partial charge is 0.350 e. The molecule has 0 bridgehead atoms. The number of hydrogen-bond acceptors (Lipinski definition) is 2. The summed E-state index contributed by atoms with van der Waals surface area (Å²) in [4.78, 5) is 13.7. The number of carbonyl (C=O) groups excluding carboxylic acids is 1. The average Bonchev–Trinajstić information content (AvgIpc) is 2.24. The van der Waals surface area contributed by atoms with Gasteiger partial charge in [0.05, 0.1) is 0 Å². The standard InChI is InChI=1S/C10H18N2OS/c1-6(2)7-8(13)12(9(14)11-7)10(3,4)5/h6-7H,1-5H3,(H,11,14). The Labute approximate surface area is 90.8 Å². The molecule has 3 nitrogen and oxygen atoms in total. The van der Waals surface area contributed by atoms with E-state index in [-0.39, 0.29) is 23.4 Å². The molecule has 0 radical (unpaired) electrons. The molecule has 1 aliphatic rings. The number of carbonyl (C=O) groups is 1. The lowest BCUT2D eigenvalue weighted by atomic mass is 10.0. The van der Waals surface area contributed by atoms with Crippen molar-refractivity contribution in [1.29, 1.82) is 0 Å². The van der Waals surface area contributed by atoms with E-state index in [1.807, 2.05) is 34.6 Å². The van der Waals surface area contributed by atoms with E-state index in [1.54, 1.807) is 4.90 Å². The zero-order chi connectivity index (χ0) is 11.1. The average molecular weight is 214 g/mol. The second-order valence-electron chi connectivity index (χ2n) is 5.02. The number of thiocarbonyl (C=S) groups is 1. The maximum atomic E-state index is 12.0. The topological polar surface area (TPSA) is 32.3 Å². The van der Waals surface area contributed by atoms with Crippen molar-refractivity contribution >= 4 is 23.2 Å². The van der Waals surface area contributed by atoms with Crippen molar-refractivity contribution in [3.8, 4) is 0 Å². The van der Waals surface area contributed by atoms with E-state index >= 15 is 0 Å². The van der Waals surface area contributed by atoms with Crippen LogP contribution in [0.5, 0.6) is 0 Å². The molecule has 0 saturated carbocycles. The van der Waals surface area contributed by atoms with Gasteiger partial charge in [-0.2, -0.15) is 0 Å². The molecule has 1 unspecified atom stereocenters. The van der Waals surface area contributed by atoms with E-state index in [0.29, 0.717) is 5.11 Å². The molecule has 0 aromatic rings. The van der Waals surface area contributed by atoms with E-state index in [1.165, 1.54) is 0 Å². The van der Waals surface area contributed by atoms with E-state index in [9.17, 15) is 4.79 Å². The molecule has 1 fully saturated rings. The molecule has 1 aliphatic heterocycles. The molecule has 4 heteroatoms. The van der Waals surface area contributed by atoms with Crippen LogP contribution in [0.15, 0.2) is 0 Å².